The summed E-state index contributed by atoms with van der Waals surface area (Å²) in [5.74, 6) is 0.540. The minimum absolute atomic E-state index is 0.0792. The standard InChI is InChI=1S/C17H28N2O2/c1-6-7-16(20)15(10-13(2)3)19-9-8-14(11-17(19)21)12-18(4)5/h8-9,11,13,15H,6-7,10,12H2,1-5H3. The number of hydrogen-bond acceptors (Lipinski definition) is 3. The summed E-state index contributed by atoms with van der Waals surface area (Å²) in [6.45, 7) is 6.89. The molecule has 118 valence electrons. The molecular formula is C17H28N2O2. The van der Waals surface area contributed by atoms with Crippen LogP contribution in [0.3, 0.4) is 0 Å². The van der Waals surface area contributed by atoms with E-state index in [0.29, 0.717) is 18.8 Å². The van der Waals surface area contributed by atoms with E-state index in [-0.39, 0.29) is 17.4 Å². The molecule has 0 aromatic carbocycles. The molecule has 0 saturated carbocycles. The van der Waals surface area contributed by atoms with Crippen LogP contribution in [0.4, 0.5) is 0 Å². The molecule has 0 bridgehead atoms. The molecular weight excluding hydrogens is 264 g/mol. The van der Waals surface area contributed by atoms with Crippen LogP contribution in [0.2, 0.25) is 0 Å². The highest BCUT2D eigenvalue weighted by molar-refractivity contribution is 5.82. The Labute approximate surface area is 127 Å². The van der Waals surface area contributed by atoms with Crippen LogP contribution in [0.25, 0.3) is 0 Å². The van der Waals surface area contributed by atoms with Crippen molar-refractivity contribution in [3.05, 3.63) is 34.2 Å². The first kappa shape index (κ1) is 17.6. The molecule has 4 nitrogen and oxygen atoms in total. The monoisotopic (exact) mass is 292 g/mol. The second-order valence-corrected chi connectivity index (χ2v) is 6.38. The second kappa shape index (κ2) is 8.13. The third-order valence-electron chi connectivity index (χ3n) is 3.41. The highest BCUT2D eigenvalue weighted by Gasteiger charge is 2.21. The highest BCUT2D eigenvalue weighted by atomic mass is 16.1. The molecule has 21 heavy (non-hydrogen) atoms. The SMILES string of the molecule is CCCC(=O)C(CC(C)C)n1ccc(CN(C)C)cc1=O. The second-order valence-electron chi connectivity index (χ2n) is 6.38. The largest absolute Gasteiger partial charge is 0.305 e. The van der Waals surface area contributed by atoms with Gasteiger partial charge in [-0.25, -0.2) is 0 Å². The first-order chi connectivity index (χ1) is 9.85. The average Bonchev–Trinajstić information content (AvgIpc) is 2.36. The van der Waals surface area contributed by atoms with Crippen LogP contribution in [0, 0.1) is 5.92 Å². The summed E-state index contributed by atoms with van der Waals surface area (Å²) in [6, 6.07) is 3.26. The summed E-state index contributed by atoms with van der Waals surface area (Å²) in [5, 5.41) is 0. The van der Waals surface area contributed by atoms with Crippen molar-refractivity contribution in [3.8, 4) is 0 Å². The highest BCUT2D eigenvalue weighted by Crippen LogP contribution is 2.19. The van der Waals surface area contributed by atoms with Gasteiger partial charge in [0.1, 0.15) is 0 Å². The van der Waals surface area contributed by atoms with Gasteiger partial charge in [-0.1, -0.05) is 20.8 Å². The van der Waals surface area contributed by atoms with Crippen molar-refractivity contribution in [1.82, 2.24) is 9.47 Å². The Morgan fingerprint density at radius 1 is 1.33 bits per heavy atom. The first-order valence-electron chi connectivity index (χ1n) is 7.73. The van der Waals surface area contributed by atoms with Crippen LogP contribution < -0.4 is 5.56 Å². The molecule has 0 aliphatic heterocycles. The van der Waals surface area contributed by atoms with Gasteiger partial charge in [0.2, 0.25) is 0 Å². The van der Waals surface area contributed by atoms with E-state index < -0.39 is 0 Å². The number of pyridine rings is 1. The van der Waals surface area contributed by atoms with E-state index >= 15 is 0 Å². The maximum atomic E-state index is 12.3. The van der Waals surface area contributed by atoms with Crippen LogP contribution in [-0.4, -0.2) is 29.3 Å². The summed E-state index contributed by atoms with van der Waals surface area (Å²) in [4.78, 5) is 26.7. The summed E-state index contributed by atoms with van der Waals surface area (Å²) in [6.07, 6.45) is 3.84. The van der Waals surface area contributed by atoms with E-state index in [4.69, 9.17) is 0 Å². The number of ketones is 1. The Kier molecular flexibility index (Phi) is 6.82. The molecule has 1 aromatic heterocycles. The number of aromatic nitrogens is 1. The Hall–Kier alpha value is -1.42. The Morgan fingerprint density at radius 3 is 2.48 bits per heavy atom. The zero-order valence-corrected chi connectivity index (χ0v) is 13.9. The number of Topliss-reactive ketones (excluding diaryl/α,β-unsaturated/α-hetero) is 1. The zero-order valence-electron chi connectivity index (χ0n) is 13.9. The summed E-state index contributed by atoms with van der Waals surface area (Å²) in [5.41, 5.74) is 0.900. The fourth-order valence-corrected chi connectivity index (χ4v) is 2.51. The molecule has 1 heterocycles. The molecule has 0 amide bonds. The quantitative estimate of drug-likeness (QED) is 0.740. The van der Waals surface area contributed by atoms with Gasteiger partial charge in [-0.2, -0.15) is 0 Å². The minimum Gasteiger partial charge on any atom is -0.305 e. The van der Waals surface area contributed by atoms with Gasteiger partial charge in [-0.05, 0) is 44.5 Å². The lowest BCUT2D eigenvalue weighted by atomic mass is 9.97. The molecule has 0 radical (unpaired) electrons. The van der Waals surface area contributed by atoms with Crippen LogP contribution in [0.5, 0.6) is 0 Å². The van der Waals surface area contributed by atoms with Crippen molar-refractivity contribution < 1.29 is 4.79 Å². The molecule has 1 rings (SSSR count). The Morgan fingerprint density at radius 2 is 2.00 bits per heavy atom. The Bertz CT molecular complexity index is 518. The van der Waals surface area contributed by atoms with E-state index in [1.807, 2.05) is 32.0 Å². The maximum Gasteiger partial charge on any atom is 0.251 e. The van der Waals surface area contributed by atoms with E-state index in [2.05, 4.69) is 13.8 Å². The van der Waals surface area contributed by atoms with E-state index in [1.54, 1.807) is 16.8 Å². The normalized spacial score (nSPS) is 12.9. The summed E-state index contributed by atoms with van der Waals surface area (Å²) >= 11 is 0. The number of carbonyl (C=O) groups excluding carboxylic acids is 1. The number of nitrogens with zero attached hydrogens (tertiary/aromatic N) is 2. The Balaban J connectivity index is 3.07. The van der Waals surface area contributed by atoms with Gasteiger partial charge in [0, 0.05) is 25.2 Å². The van der Waals surface area contributed by atoms with Crippen LogP contribution in [-0.2, 0) is 11.3 Å². The molecule has 1 atom stereocenters. The smallest absolute Gasteiger partial charge is 0.251 e. The van der Waals surface area contributed by atoms with Crippen molar-refractivity contribution in [2.75, 3.05) is 14.1 Å². The number of rotatable bonds is 8. The van der Waals surface area contributed by atoms with Gasteiger partial charge >= 0.3 is 0 Å². The molecule has 0 aliphatic rings. The minimum atomic E-state index is -0.328. The number of carbonyl (C=O) groups is 1. The molecule has 0 spiro atoms. The molecule has 0 fully saturated rings. The van der Waals surface area contributed by atoms with Crippen molar-refractivity contribution in [1.29, 1.82) is 0 Å². The predicted octanol–water partition coefficient (Wildman–Crippen LogP) is 2.87. The van der Waals surface area contributed by atoms with E-state index in [1.165, 1.54) is 0 Å². The van der Waals surface area contributed by atoms with Crippen molar-refractivity contribution in [2.45, 2.75) is 52.6 Å². The third kappa shape index (κ3) is 5.46. The predicted molar refractivity (Wildman–Crippen MR) is 86.5 cm³/mol. The molecule has 1 aromatic rings. The fourth-order valence-electron chi connectivity index (χ4n) is 2.51. The average molecular weight is 292 g/mol. The summed E-state index contributed by atoms with van der Waals surface area (Å²) in [7, 11) is 3.94. The molecule has 0 aliphatic carbocycles. The summed E-state index contributed by atoms with van der Waals surface area (Å²) < 4.78 is 1.61. The van der Waals surface area contributed by atoms with Gasteiger partial charge in [-0.3, -0.25) is 9.59 Å². The molecule has 0 saturated heterocycles. The van der Waals surface area contributed by atoms with Gasteiger partial charge in [0.25, 0.3) is 5.56 Å². The van der Waals surface area contributed by atoms with Gasteiger partial charge in [0.05, 0.1) is 6.04 Å². The molecule has 0 N–H and O–H groups in total. The van der Waals surface area contributed by atoms with Gasteiger partial charge in [-0.15, -0.1) is 0 Å². The van der Waals surface area contributed by atoms with Crippen LogP contribution in [0.15, 0.2) is 23.1 Å². The first-order valence-corrected chi connectivity index (χ1v) is 7.73. The lowest BCUT2D eigenvalue weighted by Crippen LogP contribution is -2.30. The topological polar surface area (TPSA) is 42.3 Å². The van der Waals surface area contributed by atoms with E-state index in [0.717, 1.165) is 18.5 Å². The van der Waals surface area contributed by atoms with Crippen LogP contribution in [0.1, 0.15) is 51.6 Å². The number of hydrogen-bond donors (Lipinski definition) is 0. The van der Waals surface area contributed by atoms with Gasteiger partial charge < -0.3 is 9.47 Å². The van der Waals surface area contributed by atoms with Crippen molar-refractivity contribution in [3.63, 3.8) is 0 Å². The lowest BCUT2D eigenvalue weighted by molar-refractivity contribution is -0.122. The maximum absolute atomic E-state index is 12.3. The third-order valence-corrected chi connectivity index (χ3v) is 3.41. The molecule has 4 heteroatoms. The zero-order chi connectivity index (χ0) is 16.0. The van der Waals surface area contributed by atoms with Gasteiger partial charge in [0.15, 0.2) is 5.78 Å². The van der Waals surface area contributed by atoms with Crippen molar-refractivity contribution in [2.24, 2.45) is 5.92 Å². The van der Waals surface area contributed by atoms with Crippen molar-refractivity contribution >= 4 is 5.78 Å². The van der Waals surface area contributed by atoms with E-state index in [9.17, 15) is 9.59 Å². The van der Waals surface area contributed by atoms with Crippen LogP contribution >= 0.6 is 0 Å². The fraction of sp³-hybridized carbons (Fsp3) is 0.647. The lowest BCUT2D eigenvalue weighted by Gasteiger charge is -2.21. The molecule has 1 unspecified atom stereocenters.